The molecule has 82 valence electrons. The van der Waals surface area contributed by atoms with Crippen LogP contribution in [0.1, 0.15) is 12.7 Å². The van der Waals surface area contributed by atoms with Crippen molar-refractivity contribution < 1.29 is 0 Å². The van der Waals surface area contributed by atoms with Crippen LogP contribution in [0.3, 0.4) is 0 Å². The highest BCUT2D eigenvalue weighted by molar-refractivity contribution is 9.10. The topological polar surface area (TPSA) is 77.6 Å². The van der Waals surface area contributed by atoms with Gasteiger partial charge in [0, 0.05) is 17.1 Å². The van der Waals surface area contributed by atoms with E-state index in [9.17, 15) is 0 Å². The van der Waals surface area contributed by atoms with Crippen molar-refractivity contribution in [3.8, 4) is 11.5 Å². The number of aromatic nitrogens is 4. The summed E-state index contributed by atoms with van der Waals surface area (Å²) < 4.78 is 0.911. The maximum Gasteiger partial charge on any atom is 0.223 e. The van der Waals surface area contributed by atoms with Gasteiger partial charge in [-0.3, -0.25) is 4.98 Å². The number of halogens is 1. The van der Waals surface area contributed by atoms with Gasteiger partial charge in [0.1, 0.15) is 11.5 Å². The van der Waals surface area contributed by atoms with Crippen LogP contribution in [0.2, 0.25) is 0 Å². The lowest BCUT2D eigenvalue weighted by molar-refractivity contribution is 0.909. The Bertz CT molecular complexity index is 497. The Hall–Kier alpha value is -1.56. The molecule has 0 aliphatic carbocycles. The second-order valence-corrected chi connectivity index (χ2v) is 4.06. The summed E-state index contributed by atoms with van der Waals surface area (Å²) in [5.41, 5.74) is 6.29. The molecular formula is C10H10BrN5. The average molecular weight is 280 g/mol. The molecule has 0 aliphatic heterocycles. The number of hydrogen-bond acceptors (Lipinski definition) is 5. The molecule has 2 N–H and O–H groups in total. The molecule has 16 heavy (non-hydrogen) atoms. The number of pyridine rings is 1. The summed E-state index contributed by atoms with van der Waals surface area (Å²) >= 11 is 3.32. The molecule has 0 aromatic carbocycles. The molecule has 0 bridgehead atoms. The smallest absolute Gasteiger partial charge is 0.223 e. The van der Waals surface area contributed by atoms with Gasteiger partial charge in [0.25, 0.3) is 0 Å². The molecule has 0 aliphatic rings. The zero-order chi connectivity index (χ0) is 11.5. The van der Waals surface area contributed by atoms with Crippen molar-refractivity contribution in [2.45, 2.75) is 13.3 Å². The average Bonchev–Trinajstić information content (AvgIpc) is 2.29. The van der Waals surface area contributed by atoms with E-state index < -0.39 is 0 Å². The Kier molecular flexibility index (Phi) is 3.09. The van der Waals surface area contributed by atoms with Gasteiger partial charge in [-0.15, -0.1) is 0 Å². The van der Waals surface area contributed by atoms with Crippen molar-refractivity contribution in [3.05, 3.63) is 28.6 Å². The maximum atomic E-state index is 5.60. The van der Waals surface area contributed by atoms with Gasteiger partial charge >= 0.3 is 0 Å². The lowest BCUT2D eigenvalue weighted by Crippen LogP contribution is -2.04. The first-order valence-corrected chi connectivity index (χ1v) is 5.60. The summed E-state index contributed by atoms with van der Waals surface area (Å²) in [4.78, 5) is 16.6. The lowest BCUT2D eigenvalue weighted by Gasteiger charge is -2.02. The molecule has 0 spiro atoms. The Morgan fingerprint density at radius 1 is 1.25 bits per heavy atom. The van der Waals surface area contributed by atoms with Crippen LogP contribution >= 0.6 is 15.9 Å². The molecule has 0 amide bonds. The summed E-state index contributed by atoms with van der Waals surface area (Å²) in [6, 6.07) is 3.71. The molecule has 6 heteroatoms. The molecule has 2 aromatic heterocycles. The molecule has 0 fully saturated rings. The Morgan fingerprint density at radius 2 is 2.06 bits per heavy atom. The number of rotatable bonds is 2. The molecular weight excluding hydrogens is 270 g/mol. The number of anilines is 1. The molecule has 2 heterocycles. The summed E-state index contributed by atoms with van der Waals surface area (Å²) in [5.74, 6) is 1.41. The molecule has 0 saturated heterocycles. The summed E-state index contributed by atoms with van der Waals surface area (Å²) in [5, 5.41) is 0. The SMILES string of the molecule is CCc1nc(N)nc(-c2ccc(Br)cn2)n1. The van der Waals surface area contributed by atoms with E-state index in [1.54, 1.807) is 6.20 Å². The van der Waals surface area contributed by atoms with E-state index in [-0.39, 0.29) is 5.95 Å². The van der Waals surface area contributed by atoms with E-state index in [4.69, 9.17) is 5.73 Å². The van der Waals surface area contributed by atoms with E-state index in [1.165, 1.54) is 0 Å². The molecule has 2 rings (SSSR count). The van der Waals surface area contributed by atoms with Gasteiger partial charge < -0.3 is 5.73 Å². The predicted molar refractivity (Wildman–Crippen MR) is 64.5 cm³/mol. The predicted octanol–water partition coefficient (Wildman–Crippen LogP) is 1.84. The first-order valence-electron chi connectivity index (χ1n) is 4.81. The third kappa shape index (κ3) is 2.33. The van der Waals surface area contributed by atoms with Crippen LogP contribution in [0.4, 0.5) is 5.95 Å². The van der Waals surface area contributed by atoms with Crippen molar-refractivity contribution in [3.63, 3.8) is 0 Å². The molecule has 0 unspecified atom stereocenters. The summed E-state index contributed by atoms with van der Waals surface area (Å²) in [7, 11) is 0. The van der Waals surface area contributed by atoms with Gasteiger partial charge in [-0.1, -0.05) is 6.92 Å². The molecule has 5 nitrogen and oxygen atoms in total. The van der Waals surface area contributed by atoms with Gasteiger partial charge in [-0.05, 0) is 28.1 Å². The van der Waals surface area contributed by atoms with Gasteiger partial charge in [0.05, 0.1) is 0 Å². The lowest BCUT2D eigenvalue weighted by atomic mass is 10.3. The van der Waals surface area contributed by atoms with Crippen molar-refractivity contribution in [1.82, 2.24) is 19.9 Å². The number of aryl methyl sites for hydroxylation is 1. The Balaban J connectivity index is 2.47. The van der Waals surface area contributed by atoms with Crippen molar-refractivity contribution in [1.29, 1.82) is 0 Å². The Labute approximate surface area is 101 Å². The minimum Gasteiger partial charge on any atom is -0.368 e. The number of nitrogens with two attached hydrogens (primary N) is 1. The van der Waals surface area contributed by atoms with Crippen LogP contribution in [0.25, 0.3) is 11.5 Å². The van der Waals surface area contributed by atoms with E-state index in [0.29, 0.717) is 17.3 Å². The van der Waals surface area contributed by atoms with E-state index in [0.717, 1.165) is 10.9 Å². The third-order valence-corrected chi connectivity index (χ3v) is 2.44. The summed E-state index contributed by atoms with van der Waals surface area (Å²) in [6.45, 7) is 1.97. The zero-order valence-electron chi connectivity index (χ0n) is 8.68. The van der Waals surface area contributed by atoms with Gasteiger partial charge in [-0.2, -0.15) is 9.97 Å². The van der Waals surface area contributed by atoms with Crippen molar-refractivity contribution in [2.75, 3.05) is 5.73 Å². The molecule has 2 aromatic rings. The highest BCUT2D eigenvalue weighted by Gasteiger charge is 2.06. The van der Waals surface area contributed by atoms with Crippen LogP contribution < -0.4 is 5.73 Å². The molecule has 0 atom stereocenters. The fraction of sp³-hybridized carbons (Fsp3) is 0.200. The van der Waals surface area contributed by atoms with Gasteiger partial charge in [-0.25, -0.2) is 4.98 Å². The summed E-state index contributed by atoms with van der Waals surface area (Å²) in [6.07, 6.45) is 2.41. The van der Waals surface area contributed by atoms with Crippen LogP contribution in [-0.4, -0.2) is 19.9 Å². The van der Waals surface area contributed by atoms with Crippen molar-refractivity contribution >= 4 is 21.9 Å². The minimum absolute atomic E-state index is 0.228. The zero-order valence-corrected chi connectivity index (χ0v) is 10.3. The van der Waals surface area contributed by atoms with Gasteiger partial charge in [0.15, 0.2) is 5.82 Å². The Morgan fingerprint density at radius 3 is 2.69 bits per heavy atom. The fourth-order valence-corrected chi connectivity index (χ4v) is 1.45. The third-order valence-electron chi connectivity index (χ3n) is 1.97. The van der Waals surface area contributed by atoms with Crippen LogP contribution in [-0.2, 0) is 6.42 Å². The normalized spacial score (nSPS) is 10.4. The van der Waals surface area contributed by atoms with E-state index >= 15 is 0 Å². The number of nitrogens with zero attached hydrogens (tertiary/aromatic N) is 4. The maximum absolute atomic E-state index is 5.60. The molecule has 0 radical (unpaired) electrons. The largest absolute Gasteiger partial charge is 0.368 e. The van der Waals surface area contributed by atoms with Crippen LogP contribution in [0.15, 0.2) is 22.8 Å². The van der Waals surface area contributed by atoms with Crippen LogP contribution in [0, 0.1) is 0 Å². The highest BCUT2D eigenvalue weighted by atomic mass is 79.9. The standard InChI is InChI=1S/C10H10BrN5/c1-2-8-14-9(16-10(12)15-8)7-4-3-6(11)5-13-7/h3-5H,2H2,1H3,(H2,12,14,15,16). The second-order valence-electron chi connectivity index (χ2n) is 3.15. The first-order chi connectivity index (χ1) is 7.69. The number of hydrogen-bond donors (Lipinski definition) is 1. The minimum atomic E-state index is 0.228. The van der Waals surface area contributed by atoms with Crippen molar-refractivity contribution in [2.24, 2.45) is 0 Å². The monoisotopic (exact) mass is 279 g/mol. The number of nitrogen functional groups attached to an aromatic ring is 1. The van der Waals surface area contributed by atoms with Crippen LogP contribution in [0.5, 0.6) is 0 Å². The van der Waals surface area contributed by atoms with E-state index in [2.05, 4.69) is 35.9 Å². The molecule has 0 saturated carbocycles. The first kappa shape index (κ1) is 10.9. The second kappa shape index (κ2) is 4.52. The van der Waals surface area contributed by atoms with Gasteiger partial charge in [0.2, 0.25) is 5.95 Å². The fourth-order valence-electron chi connectivity index (χ4n) is 1.22. The van der Waals surface area contributed by atoms with E-state index in [1.807, 2.05) is 19.1 Å². The quantitative estimate of drug-likeness (QED) is 0.908. The highest BCUT2D eigenvalue weighted by Crippen LogP contribution is 2.15.